The number of aliphatic imine (C=N–C) groups is 1. The number of rotatable bonds is 2. The summed E-state index contributed by atoms with van der Waals surface area (Å²) in [5.74, 6) is 1.06. The topological polar surface area (TPSA) is 27.6 Å². The number of nitrogens with zero attached hydrogens (tertiary/aromatic N) is 2. The Kier molecular flexibility index (Phi) is 3.34. The molecule has 1 heterocycles. The summed E-state index contributed by atoms with van der Waals surface area (Å²) in [5, 5.41) is 2.89. The molecule has 0 saturated carbocycles. The number of hydrogen-bond acceptors (Lipinski definition) is 2. The van der Waals surface area contributed by atoms with Crippen molar-refractivity contribution >= 4 is 23.1 Å². The zero-order valence-electron chi connectivity index (χ0n) is 9.57. The highest BCUT2D eigenvalue weighted by molar-refractivity contribution is 6.30. The maximum absolute atomic E-state index is 5.87. The second-order valence-electron chi connectivity index (χ2n) is 3.93. The van der Waals surface area contributed by atoms with Gasteiger partial charge in [0.1, 0.15) is 5.84 Å². The monoisotopic (exact) mass is 237 g/mol. The van der Waals surface area contributed by atoms with Crippen molar-refractivity contribution in [1.29, 1.82) is 0 Å². The van der Waals surface area contributed by atoms with Gasteiger partial charge >= 0.3 is 0 Å². The quantitative estimate of drug-likeness (QED) is 0.857. The van der Waals surface area contributed by atoms with Crippen LogP contribution in [-0.2, 0) is 0 Å². The molecule has 1 aliphatic heterocycles. The maximum atomic E-state index is 5.87. The van der Waals surface area contributed by atoms with Gasteiger partial charge in [-0.25, -0.2) is 0 Å². The van der Waals surface area contributed by atoms with Crippen LogP contribution in [0.15, 0.2) is 29.3 Å². The van der Waals surface area contributed by atoms with Gasteiger partial charge in [-0.05, 0) is 38.1 Å². The van der Waals surface area contributed by atoms with Crippen LogP contribution in [0.1, 0.15) is 20.3 Å². The van der Waals surface area contributed by atoms with Crippen LogP contribution in [0.25, 0.3) is 0 Å². The van der Waals surface area contributed by atoms with Crippen LogP contribution in [0.3, 0.4) is 0 Å². The highest BCUT2D eigenvalue weighted by atomic mass is 35.5. The van der Waals surface area contributed by atoms with Crippen molar-refractivity contribution in [2.75, 3.05) is 11.6 Å². The Hall–Kier alpha value is -1.22. The first-order valence-corrected chi connectivity index (χ1v) is 5.93. The third kappa shape index (κ3) is 2.30. The first kappa shape index (κ1) is 11.3. The van der Waals surface area contributed by atoms with Gasteiger partial charge in [-0.2, -0.15) is 0 Å². The molecule has 0 radical (unpaired) electrons. The predicted octanol–water partition coefficient (Wildman–Crippen LogP) is 2.86. The largest absolute Gasteiger partial charge is 0.285 e. The smallest absolute Gasteiger partial charge is 0.117 e. The molecule has 1 fully saturated rings. The molecule has 1 saturated heterocycles. The normalized spacial score (nSPS) is 22.6. The van der Waals surface area contributed by atoms with Crippen LogP contribution >= 0.6 is 11.6 Å². The number of anilines is 1. The molecule has 1 aliphatic rings. The summed E-state index contributed by atoms with van der Waals surface area (Å²) in [4.78, 5) is 4.41. The summed E-state index contributed by atoms with van der Waals surface area (Å²) in [6.45, 7) is 5.05. The first-order valence-electron chi connectivity index (χ1n) is 5.55. The molecule has 1 aromatic rings. The lowest BCUT2D eigenvalue weighted by Crippen LogP contribution is -2.37. The molecule has 0 amide bonds. The Morgan fingerprint density at radius 2 is 2.12 bits per heavy atom. The van der Waals surface area contributed by atoms with Crippen molar-refractivity contribution in [2.45, 2.75) is 26.3 Å². The summed E-state index contributed by atoms with van der Waals surface area (Å²) in [5.41, 5.74) is 4.44. The molecule has 86 valence electrons. The van der Waals surface area contributed by atoms with Crippen LogP contribution in [0.2, 0.25) is 5.02 Å². The van der Waals surface area contributed by atoms with Crippen molar-refractivity contribution in [3.8, 4) is 0 Å². The van der Waals surface area contributed by atoms with Crippen LogP contribution in [0.4, 0.5) is 5.69 Å². The summed E-state index contributed by atoms with van der Waals surface area (Å²) < 4.78 is 0. The van der Waals surface area contributed by atoms with Gasteiger partial charge < -0.3 is 0 Å². The Bertz CT molecular complexity index is 386. The van der Waals surface area contributed by atoms with E-state index >= 15 is 0 Å². The van der Waals surface area contributed by atoms with Crippen molar-refractivity contribution in [1.82, 2.24) is 5.43 Å². The molecular weight excluding hydrogens is 222 g/mol. The first-order chi connectivity index (χ1) is 7.70. The van der Waals surface area contributed by atoms with E-state index in [9.17, 15) is 0 Å². The SMILES string of the molecule is CCN=C1CC(C)N(c2ccc(Cl)cc2)N1. The predicted molar refractivity (Wildman–Crippen MR) is 69.1 cm³/mol. The van der Waals surface area contributed by atoms with Crippen molar-refractivity contribution in [3.63, 3.8) is 0 Å². The number of nitrogens with one attached hydrogen (secondary N) is 1. The number of halogens is 1. The molecule has 0 aromatic heterocycles. The average molecular weight is 238 g/mol. The van der Waals surface area contributed by atoms with Gasteiger partial charge in [0.25, 0.3) is 0 Å². The van der Waals surface area contributed by atoms with E-state index < -0.39 is 0 Å². The minimum atomic E-state index is 0.423. The van der Waals surface area contributed by atoms with Gasteiger partial charge in [0.05, 0.1) is 11.7 Å². The zero-order valence-corrected chi connectivity index (χ0v) is 10.3. The summed E-state index contributed by atoms with van der Waals surface area (Å²) in [6.07, 6.45) is 0.969. The van der Waals surface area contributed by atoms with E-state index in [1.807, 2.05) is 31.2 Å². The van der Waals surface area contributed by atoms with Gasteiger partial charge in [0, 0.05) is 18.0 Å². The second-order valence-corrected chi connectivity index (χ2v) is 4.37. The van der Waals surface area contributed by atoms with E-state index in [2.05, 4.69) is 22.4 Å². The molecule has 16 heavy (non-hydrogen) atoms. The molecular formula is C12H16ClN3. The van der Waals surface area contributed by atoms with Crippen LogP contribution < -0.4 is 10.4 Å². The molecule has 4 heteroatoms. The molecule has 1 N–H and O–H groups in total. The highest BCUT2D eigenvalue weighted by Crippen LogP contribution is 2.22. The van der Waals surface area contributed by atoms with Gasteiger partial charge in [-0.1, -0.05) is 11.6 Å². The minimum absolute atomic E-state index is 0.423. The van der Waals surface area contributed by atoms with E-state index in [0.717, 1.165) is 29.5 Å². The van der Waals surface area contributed by atoms with E-state index in [-0.39, 0.29) is 0 Å². The zero-order chi connectivity index (χ0) is 11.5. The Labute approximate surface area is 101 Å². The fraction of sp³-hybridized carbons (Fsp3) is 0.417. The van der Waals surface area contributed by atoms with Crippen molar-refractivity contribution < 1.29 is 0 Å². The van der Waals surface area contributed by atoms with Gasteiger partial charge in [-0.3, -0.25) is 15.4 Å². The van der Waals surface area contributed by atoms with E-state index in [0.29, 0.717) is 6.04 Å². The molecule has 0 bridgehead atoms. The lowest BCUT2D eigenvalue weighted by molar-refractivity contribution is 0.700. The number of benzene rings is 1. The standard InChI is InChI=1S/C12H16ClN3/c1-3-14-12-8-9(2)16(15-12)11-6-4-10(13)5-7-11/h4-7,9H,3,8H2,1-2H3,(H,14,15). The fourth-order valence-corrected chi connectivity index (χ4v) is 2.00. The third-order valence-electron chi connectivity index (χ3n) is 2.63. The summed E-state index contributed by atoms with van der Waals surface area (Å²) in [7, 11) is 0. The lowest BCUT2D eigenvalue weighted by Gasteiger charge is -2.23. The highest BCUT2D eigenvalue weighted by Gasteiger charge is 2.24. The molecule has 3 nitrogen and oxygen atoms in total. The second kappa shape index (κ2) is 4.74. The van der Waals surface area contributed by atoms with E-state index in [4.69, 9.17) is 11.6 Å². The molecule has 1 unspecified atom stereocenters. The van der Waals surface area contributed by atoms with Gasteiger partial charge in [0.15, 0.2) is 0 Å². The maximum Gasteiger partial charge on any atom is 0.117 e. The molecule has 2 rings (SSSR count). The van der Waals surface area contributed by atoms with Crippen molar-refractivity contribution in [3.05, 3.63) is 29.3 Å². The lowest BCUT2D eigenvalue weighted by atomic mass is 10.2. The molecule has 0 aliphatic carbocycles. The number of amidine groups is 1. The van der Waals surface area contributed by atoms with E-state index in [1.165, 1.54) is 0 Å². The fourth-order valence-electron chi connectivity index (χ4n) is 1.88. The third-order valence-corrected chi connectivity index (χ3v) is 2.88. The van der Waals surface area contributed by atoms with E-state index in [1.54, 1.807) is 0 Å². The van der Waals surface area contributed by atoms with Crippen molar-refractivity contribution in [2.24, 2.45) is 4.99 Å². The minimum Gasteiger partial charge on any atom is -0.285 e. The van der Waals surface area contributed by atoms with Crippen LogP contribution in [0, 0.1) is 0 Å². The van der Waals surface area contributed by atoms with Gasteiger partial charge in [0.2, 0.25) is 0 Å². The summed E-state index contributed by atoms with van der Waals surface area (Å²) >= 11 is 5.87. The summed E-state index contributed by atoms with van der Waals surface area (Å²) in [6, 6.07) is 8.26. The van der Waals surface area contributed by atoms with Gasteiger partial charge in [-0.15, -0.1) is 0 Å². The Balaban J connectivity index is 2.16. The van der Waals surface area contributed by atoms with Crippen LogP contribution in [-0.4, -0.2) is 18.4 Å². The number of hydrogen-bond donors (Lipinski definition) is 1. The Morgan fingerprint density at radius 3 is 2.75 bits per heavy atom. The molecule has 1 aromatic carbocycles. The molecule has 1 atom stereocenters. The Morgan fingerprint density at radius 1 is 1.44 bits per heavy atom. The average Bonchev–Trinajstić information content (AvgIpc) is 2.61. The number of hydrazine groups is 1. The van der Waals surface area contributed by atoms with Crippen LogP contribution in [0.5, 0.6) is 0 Å². The molecule has 0 spiro atoms.